The van der Waals surface area contributed by atoms with E-state index in [1.54, 1.807) is 12.3 Å². The van der Waals surface area contributed by atoms with Crippen LogP contribution in [0.3, 0.4) is 0 Å². The topological polar surface area (TPSA) is 69.8 Å². The summed E-state index contributed by atoms with van der Waals surface area (Å²) in [5.41, 5.74) is 5.72. The smallest absolute Gasteiger partial charge is 0.269 e. The van der Waals surface area contributed by atoms with E-state index in [0.717, 1.165) is 23.3 Å². The second kappa shape index (κ2) is 7.96. The number of hydrogen-bond acceptors (Lipinski definition) is 3. The van der Waals surface area contributed by atoms with Crippen LogP contribution in [-0.4, -0.2) is 22.4 Å². The maximum absolute atomic E-state index is 12.5. The number of rotatable bonds is 6. The molecule has 0 fully saturated rings. The lowest BCUT2D eigenvalue weighted by Crippen LogP contribution is -2.26. The van der Waals surface area contributed by atoms with Crippen molar-refractivity contribution in [2.75, 3.05) is 11.9 Å². The molecule has 0 bridgehead atoms. The minimum absolute atomic E-state index is 0.174. The Balaban J connectivity index is 1.37. The normalized spacial score (nSPS) is 10.8. The number of carbonyl (C=O) groups excluding carboxylic acids is 1. The molecule has 0 saturated heterocycles. The van der Waals surface area contributed by atoms with Crippen molar-refractivity contribution in [2.24, 2.45) is 0 Å². The molecule has 140 valence electrons. The molecule has 28 heavy (non-hydrogen) atoms. The second-order valence-corrected chi connectivity index (χ2v) is 6.79. The van der Waals surface area contributed by atoms with Gasteiger partial charge in [0, 0.05) is 41.2 Å². The number of fused-ring (bicyclic) bond motifs is 1. The fourth-order valence-corrected chi connectivity index (χ4v) is 3.18. The van der Waals surface area contributed by atoms with Crippen LogP contribution in [0, 0.1) is 6.92 Å². The third-order valence-corrected chi connectivity index (χ3v) is 4.69. The molecule has 5 heteroatoms. The van der Waals surface area contributed by atoms with Crippen molar-refractivity contribution in [3.8, 4) is 0 Å². The molecule has 3 N–H and O–H groups in total. The summed E-state index contributed by atoms with van der Waals surface area (Å²) in [7, 11) is 0. The fourth-order valence-electron chi connectivity index (χ4n) is 3.18. The Morgan fingerprint density at radius 2 is 1.86 bits per heavy atom. The molecule has 0 unspecified atom stereocenters. The first-order valence-corrected chi connectivity index (χ1v) is 9.32. The van der Waals surface area contributed by atoms with E-state index in [4.69, 9.17) is 0 Å². The lowest BCUT2D eigenvalue weighted by atomic mass is 10.1. The molecule has 1 amide bonds. The summed E-state index contributed by atoms with van der Waals surface area (Å²) in [6, 6.07) is 19.9. The first kappa shape index (κ1) is 17.8. The van der Waals surface area contributed by atoms with E-state index in [9.17, 15) is 4.79 Å². The maximum atomic E-state index is 12.5. The van der Waals surface area contributed by atoms with E-state index in [2.05, 4.69) is 33.6 Å². The largest absolute Gasteiger partial charge is 0.361 e. The Labute approximate surface area is 163 Å². The van der Waals surface area contributed by atoms with Gasteiger partial charge in [-0.15, -0.1) is 0 Å². The van der Waals surface area contributed by atoms with Crippen LogP contribution in [-0.2, 0) is 6.42 Å². The van der Waals surface area contributed by atoms with Crippen LogP contribution in [0.4, 0.5) is 11.4 Å². The van der Waals surface area contributed by atoms with Gasteiger partial charge in [-0.3, -0.25) is 9.78 Å². The molecular weight excluding hydrogens is 348 g/mol. The molecule has 0 radical (unpaired) electrons. The van der Waals surface area contributed by atoms with Gasteiger partial charge in [0.15, 0.2) is 0 Å². The van der Waals surface area contributed by atoms with Gasteiger partial charge >= 0.3 is 0 Å². The van der Waals surface area contributed by atoms with Crippen LogP contribution >= 0.6 is 0 Å². The minimum Gasteiger partial charge on any atom is -0.361 e. The zero-order chi connectivity index (χ0) is 19.3. The molecule has 0 spiro atoms. The SMILES string of the molecule is Cc1ccc(Nc2ccnc(C(=O)NCCc3c[nH]c4ccccc34)c2)cc1. The van der Waals surface area contributed by atoms with Crippen molar-refractivity contribution in [2.45, 2.75) is 13.3 Å². The lowest BCUT2D eigenvalue weighted by molar-refractivity contribution is 0.0949. The van der Waals surface area contributed by atoms with Crippen molar-refractivity contribution in [1.29, 1.82) is 0 Å². The van der Waals surface area contributed by atoms with Crippen LogP contribution in [0.25, 0.3) is 10.9 Å². The number of nitrogens with zero attached hydrogens (tertiary/aromatic N) is 1. The quantitative estimate of drug-likeness (QED) is 0.465. The van der Waals surface area contributed by atoms with Gasteiger partial charge in [-0.25, -0.2) is 0 Å². The molecule has 2 aromatic carbocycles. The van der Waals surface area contributed by atoms with Gasteiger partial charge in [-0.1, -0.05) is 35.9 Å². The predicted octanol–water partition coefficient (Wildman–Crippen LogP) is 4.59. The summed E-state index contributed by atoms with van der Waals surface area (Å²) in [5, 5.41) is 7.45. The summed E-state index contributed by atoms with van der Waals surface area (Å²) in [5.74, 6) is -0.174. The van der Waals surface area contributed by atoms with Crippen molar-refractivity contribution < 1.29 is 4.79 Å². The molecule has 4 rings (SSSR count). The Hall–Kier alpha value is -3.60. The summed E-state index contributed by atoms with van der Waals surface area (Å²) in [6.07, 6.45) is 4.41. The highest BCUT2D eigenvalue weighted by Gasteiger charge is 2.09. The Morgan fingerprint density at radius 1 is 1.04 bits per heavy atom. The summed E-state index contributed by atoms with van der Waals surface area (Å²) in [4.78, 5) is 19.9. The van der Waals surface area contributed by atoms with E-state index < -0.39 is 0 Å². The van der Waals surface area contributed by atoms with Crippen molar-refractivity contribution in [1.82, 2.24) is 15.3 Å². The van der Waals surface area contributed by atoms with Crippen LogP contribution in [0.2, 0.25) is 0 Å². The van der Waals surface area contributed by atoms with Gasteiger partial charge in [0.25, 0.3) is 5.91 Å². The first-order valence-electron chi connectivity index (χ1n) is 9.32. The van der Waals surface area contributed by atoms with Gasteiger partial charge in [-0.05, 0) is 49.2 Å². The van der Waals surface area contributed by atoms with E-state index >= 15 is 0 Å². The number of pyridine rings is 1. The number of aromatic amines is 1. The molecule has 2 aromatic heterocycles. The average molecular weight is 370 g/mol. The highest BCUT2D eigenvalue weighted by molar-refractivity contribution is 5.93. The van der Waals surface area contributed by atoms with Gasteiger partial charge in [0.2, 0.25) is 0 Å². The van der Waals surface area contributed by atoms with Crippen molar-refractivity contribution in [3.63, 3.8) is 0 Å². The van der Waals surface area contributed by atoms with E-state index in [-0.39, 0.29) is 5.91 Å². The molecule has 0 atom stereocenters. The molecule has 0 aliphatic carbocycles. The highest BCUT2D eigenvalue weighted by Crippen LogP contribution is 2.19. The standard InChI is InChI=1S/C23H22N4O/c1-16-6-8-18(9-7-16)27-19-11-13-24-22(14-19)23(28)25-12-10-17-15-26-21-5-3-2-4-20(17)21/h2-9,11,13-15,26H,10,12H2,1H3,(H,24,27)(H,25,28). The Bertz CT molecular complexity index is 1100. The third-order valence-electron chi connectivity index (χ3n) is 4.69. The molecule has 0 aliphatic heterocycles. The number of carbonyl (C=O) groups is 1. The van der Waals surface area contributed by atoms with Crippen molar-refractivity contribution >= 4 is 28.2 Å². The van der Waals surface area contributed by atoms with E-state index in [1.165, 1.54) is 16.5 Å². The first-order chi connectivity index (χ1) is 13.7. The summed E-state index contributed by atoms with van der Waals surface area (Å²) in [6.45, 7) is 2.60. The van der Waals surface area contributed by atoms with Gasteiger partial charge in [0.1, 0.15) is 5.69 Å². The average Bonchev–Trinajstić information content (AvgIpc) is 3.13. The molecule has 0 aliphatic rings. The molecule has 4 aromatic rings. The van der Waals surface area contributed by atoms with E-state index in [1.807, 2.05) is 54.7 Å². The number of para-hydroxylation sites is 1. The molecular formula is C23H22N4O. The predicted molar refractivity (Wildman–Crippen MR) is 113 cm³/mol. The zero-order valence-electron chi connectivity index (χ0n) is 15.7. The Morgan fingerprint density at radius 3 is 2.71 bits per heavy atom. The van der Waals surface area contributed by atoms with Gasteiger partial charge in [0.05, 0.1) is 0 Å². The monoisotopic (exact) mass is 370 g/mol. The maximum Gasteiger partial charge on any atom is 0.269 e. The number of aryl methyl sites for hydroxylation is 1. The molecule has 0 saturated carbocycles. The zero-order valence-corrected chi connectivity index (χ0v) is 15.7. The highest BCUT2D eigenvalue weighted by atomic mass is 16.1. The second-order valence-electron chi connectivity index (χ2n) is 6.79. The number of hydrogen-bond donors (Lipinski definition) is 3. The van der Waals surface area contributed by atoms with Crippen LogP contribution in [0.5, 0.6) is 0 Å². The molecule has 5 nitrogen and oxygen atoms in total. The summed E-state index contributed by atoms with van der Waals surface area (Å²) < 4.78 is 0. The third kappa shape index (κ3) is 4.04. The van der Waals surface area contributed by atoms with E-state index in [0.29, 0.717) is 12.2 Å². The number of benzene rings is 2. The van der Waals surface area contributed by atoms with Gasteiger partial charge in [-0.2, -0.15) is 0 Å². The molecule has 2 heterocycles. The lowest BCUT2D eigenvalue weighted by Gasteiger charge is -2.09. The van der Waals surface area contributed by atoms with Gasteiger partial charge < -0.3 is 15.6 Å². The minimum atomic E-state index is -0.174. The number of anilines is 2. The number of nitrogens with one attached hydrogen (secondary N) is 3. The number of aromatic nitrogens is 2. The van der Waals surface area contributed by atoms with Crippen LogP contribution < -0.4 is 10.6 Å². The fraction of sp³-hybridized carbons (Fsp3) is 0.130. The van der Waals surface area contributed by atoms with Crippen molar-refractivity contribution in [3.05, 3.63) is 89.9 Å². The summed E-state index contributed by atoms with van der Waals surface area (Å²) >= 11 is 0. The van der Waals surface area contributed by atoms with Crippen LogP contribution in [0.15, 0.2) is 73.1 Å². The Kier molecular flexibility index (Phi) is 5.06. The number of H-pyrrole nitrogens is 1. The number of amides is 1. The van der Waals surface area contributed by atoms with Crippen LogP contribution in [0.1, 0.15) is 21.6 Å².